The van der Waals surface area contributed by atoms with E-state index in [2.05, 4.69) is 21.6 Å². The molecule has 2 aromatic rings. The Morgan fingerprint density at radius 3 is 2.62 bits per heavy atom. The van der Waals surface area contributed by atoms with Crippen LogP contribution in [0.1, 0.15) is 10.4 Å². The fraction of sp³-hybridized carbons (Fsp3) is 0.0769. The van der Waals surface area contributed by atoms with Crippen molar-refractivity contribution in [3.05, 3.63) is 54.1 Å². The van der Waals surface area contributed by atoms with E-state index in [-0.39, 0.29) is 17.3 Å². The molecule has 0 aliphatic heterocycles. The van der Waals surface area contributed by atoms with Crippen molar-refractivity contribution in [3.8, 4) is 0 Å². The first-order valence-electron chi connectivity index (χ1n) is 5.94. The van der Waals surface area contributed by atoms with Gasteiger partial charge in [-0.2, -0.15) is 0 Å². The smallest absolute Gasteiger partial charge is 0.257 e. The van der Waals surface area contributed by atoms with E-state index in [0.29, 0.717) is 10.7 Å². The van der Waals surface area contributed by atoms with Crippen LogP contribution in [-0.2, 0) is 10.0 Å². The van der Waals surface area contributed by atoms with Gasteiger partial charge >= 0.3 is 0 Å². The number of sulfonamides is 1. The molecule has 8 heteroatoms. The average Bonchev–Trinajstić information content (AvgIpc) is 2.98. The van der Waals surface area contributed by atoms with Gasteiger partial charge in [0.1, 0.15) is 0 Å². The van der Waals surface area contributed by atoms with E-state index in [4.69, 9.17) is 0 Å². The molecule has 1 amide bonds. The van der Waals surface area contributed by atoms with Crippen LogP contribution < -0.4 is 10.0 Å². The van der Waals surface area contributed by atoms with Gasteiger partial charge in [0.2, 0.25) is 10.0 Å². The lowest BCUT2D eigenvalue weighted by molar-refractivity contribution is 0.102. The monoisotopic (exact) mass is 323 g/mol. The highest BCUT2D eigenvalue weighted by Crippen LogP contribution is 2.14. The van der Waals surface area contributed by atoms with Crippen molar-refractivity contribution < 1.29 is 13.2 Å². The Bertz CT molecular complexity index is 723. The van der Waals surface area contributed by atoms with Gasteiger partial charge in [0.25, 0.3) is 5.91 Å². The van der Waals surface area contributed by atoms with Gasteiger partial charge < -0.3 is 0 Å². The number of carbonyl (C=O) groups is 1. The molecule has 0 atom stereocenters. The number of thiazole rings is 1. The number of nitrogens with one attached hydrogen (secondary N) is 2. The third kappa shape index (κ3) is 3.97. The molecule has 110 valence electrons. The Labute approximate surface area is 126 Å². The second-order valence-corrected chi connectivity index (χ2v) is 6.62. The van der Waals surface area contributed by atoms with Crippen LogP contribution in [0.4, 0.5) is 5.13 Å². The van der Waals surface area contributed by atoms with Gasteiger partial charge in [0.15, 0.2) is 5.13 Å². The Morgan fingerprint density at radius 2 is 2.05 bits per heavy atom. The minimum absolute atomic E-state index is 0.0927. The van der Waals surface area contributed by atoms with E-state index < -0.39 is 10.0 Å². The first-order chi connectivity index (χ1) is 10.0. The summed E-state index contributed by atoms with van der Waals surface area (Å²) in [4.78, 5) is 16.0. The number of amides is 1. The maximum atomic E-state index is 11.9. The summed E-state index contributed by atoms with van der Waals surface area (Å²) >= 11 is 1.30. The summed E-state index contributed by atoms with van der Waals surface area (Å²) in [6.45, 7) is 3.59. The molecule has 0 fully saturated rings. The van der Waals surface area contributed by atoms with Gasteiger partial charge in [-0.15, -0.1) is 17.9 Å². The van der Waals surface area contributed by atoms with Crippen molar-refractivity contribution in [1.29, 1.82) is 0 Å². The van der Waals surface area contributed by atoms with Crippen LogP contribution in [-0.4, -0.2) is 25.9 Å². The highest BCUT2D eigenvalue weighted by Gasteiger charge is 2.14. The third-order valence-electron chi connectivity index (χ3n) is 2.50. The first kappa shape index (κ1) is 15.4. The summed E-state index contributed by atoms with van der Waals surface area (Å²) in [5.41, 5.74) is 0.355. The molecule has 0 unspecified atom stereocenters. The fourth-order valence-electron chi connectivity index (χ4n) is 1.49. The lowest BCUT2D eigenvalue weighted by Crippen LogP contribution is -2.23. The zero-order chi connectivity index (χ0) is 15.3. The number of anilines is 1. The van der Waals surface area contributed by atoms with Gasteiger partial charge in [-0.3, -0.25) is 10.1 Å². The van der Waals surface area contributed by atoms with Crippen LogP contribution in [0.25, 0.3) is 0 Å². The normalized spacial score (nSPS) is 11.0. The molecule has 2 N–H and O–H groups in total. The second-order valence-electron chi connectivity index (χ2n) is 3.96. The fourth-order valence-corrected chi connectivity index (χ4v) is 3.01. The minimum Gasteiger partial charge on any atom is -0.298 e. The van der Waals surface area contributed by atoms with Crippen LogP contribution in [0.5, 0.6) is 0 Å². The standard InChI is InChI=1S/C13H13N3O3S2/c1-2-7-15-21(18,19)11-5-3-10(4-6-11)12(17)16-13-14-8-9-20-13/h2-6,8-9,15H,1,7H2,(H,14,16,17). The molecule has 0 spiro atoms. The predicted octanol–water partition coefficient (Wildman–Crippen LogP) is 1.86. The van der Waals surface area contributed by atoms with E-state index >= 15 is 0 Å². The zero-order valence-corrected chi connectivity index (χ0v) is 12.6. The molecule has 0 bridgehead atoms. The molecule has 1 aromatic carbocycles. The minimum atomic E-state index is -3.58. The third-order valence-corrected chi connectivity index (χ3v) is 4.63. The number of aromatic nitrogens is 1. The van der Waals surface area contributed by atoms with Crippen molar-refractivity contribution in [2.24, 2.45) is 0 Å². The molecule has 1 aromatic heterocycles. The summed E-state index contributed by atoms with van der Waals surface area (Å²) in [6, 6.07) is 5.65. The predicted molar refractivity (Wildman–Crippen MR) is 81.9 cm³/mol. The van der Waals surface area contributed by atoms with Crippen molar-refractivity contribution in [2.45, 2.75) is 4.90 Å². The van der Waals surface area contributed by atoms with E-state index in [1.54, 1.807) is 11.6 Å². The Balaban J connectivity index is 2.11. The molecule has 0 saturated heterocycles. The van der Waals surface area contributed by atoms with Crippen LogP contribution in [0.2, 0.25) is 0 Å². The average molecular weight is 323 g/mol. The molecule has 0 radical (unpaired) electrons. The maximum Gasteiger partial charge on any atom is 0.257 e. The lowest BCUT2D eigenvalue weighted by atomic mass is 10.2. The van der Waals surface area contributed by atoms with Crippen molar-refractivity contribution >= 4 is 32.4 Å². The number of nitrogens with zero attached hydrogens (tertiary/aromatic N) is 1. The summed E-state index contributed by atoms with van der Waals surface area (Å²) in [5, 5.41) is 4.86. The van der Waals surface area contributed by atoms with Gasteiger partial charge in [-0.1, -0.05) is 6.08 Å². The van der Waals surface area contributed by atoms with E-state index in [0.717, 1.165) is 0 Å². The molecule has 6 nitrogen and oxygen atoms in total. The Morgan fingerprint density at radius 1 is 1.33 bits per heavy atom. The molecule has 0 aliphatic rings. The Kier molecular flexibility index (Phi) is 4.84. The quantitative estimate of drug-likeness (QED) is 0.794. The highest BCUT2D eigenvalue weighted by atomic mass is 32.2. The lowest BCUT2D eigenvalue weighted by Gasteiger charge is -2.06. The van der Waals surface area contributed by atoms with Crippen LogP contribution in [0, 0.1) is 0 Å². The number of hydrogen-bond donors (Lipinski definition) is 2. The van der Waals surface area contributed by atoms with E-state index in [1.165, 1.54) is 41.7 Å². The molecule has 0 saturated carbocycles. The molecule has 2 rings (SSSR count). The number of benzene rings is 1. The first-order valence-corrected chi connectivity index (χ1v) is 8.30. The summed E-state index contributed by atoms with van der Waals surface area (Å²) in [6.07, 6.45) is 3.04. The Hall–Kier alpha value is -2.03. The maximum absolute atomic E-state index is 11.9. The van der Waals surface area contributed by atoms with Crippen molar-refractivity contribution in [2.75, 3.05) is 11.9 Å². The highest BCUT2D eigenvalue weighted by molar-refractivity contribution is 7.89. The number of carbonyl (C=O) groups excluding carboxylic acids is 1. The van der Waals surface area contributed by atoms with Crippen LogP contribution in [0.3, 0.4) is 0 Å². The van der Waals surface area contributed by atoms with Crippen molar-refractivity contribution in [3.63, 3.8) is 0 Å². The van der Waals surface area contributed by atoms with Gasteiger partial charge in [0.05, 0.1) is 4.90 Å². The molecular formula is C13H13N3O3S2. The largest absolute Gasteiger partial charge is 0.298 e. The zero-order valence-electron chi connectivity index (χ0n) is 10.9. The van der Waals surface area contributed by atoms with Crippen molar-refractivity contribution in [1.82, 2.24) is 9.71 Å². The summed E-state index contributed by atoms with van der Waals surface area (Å²) in [5.74, 6) is -0.340. The second kappa shape index (κ2) is 6.61. The summed E-state index contributed by atoms with van der Waals surface area (Å²) < 4.78 is 26.1. The SMILES string of the molecule is C=CCNS(=O)(=O)c1ccc(C(=O)Nc2nccs2)cc1. The number of rotatable bonds is 6. The van der Waals surface area contributed by atoms with Gasteiger partial charge in [-0.05, 0) is 24.3 Å². The summed E-state index contributed by atoms with van der Waals surface area (Å²) in [7, 11) is -3.58. The molecule has 0 aliphatic carbocycles. The number of hydrogen-bond acceptors (Lipinski definition) is 5. The molecule has 21 heavy (non-hydrogen) atoms. The van der Waals surface area contributed by atoms with Gasteiger partial charge in [-0.25, -0.2) is 18.1 Å². The van der Waals surface area contributed by atoms with E-state index in [9.17, 15) is 13.2 Å². The molecular weight excluding hydrogens is 310 g/mol. The molecule has 1 heterocycles. The van der Waals surface area contributed by atoms with Gasteiger partial charge in [0, 0.05) is 23.7 Å². The van der Waals surface area contributed by atoms with Crippen LogP contribution in [0.15, 0.2) is 53.4 Å². The van der Waals surface area contributed by atoms with E-state index in [1.807, 2.05) is 0 Å². The topological polar surface area (TPSA) is 88.2 Å². The van der Waals surface area contributed by atoms with Crippen LogP contribution >= 0.6 is 11.3 Å².